The van der Waals surface area contributed by atoms with Gasteiger partial charge in [-0.2, -0.15) is 0 Å². The lowest BCUT2D eigenvalue weighted by molar-refractivity contribution is -0.146. The number of methoxy groups -OCH3 is 1. The fourth-order valence-electron chi connectivity index (χ4n) is 1.67. The van der Waals surface area contributed by atoms with Gasteiger partial charge in [-0.15, -0.1) is 0 Å². The summed E-state index contributed by atoms with van der Waals surface area (Å²) in [5, 5.41) is 0. The maximum Gasteiger partial charge on any atom is 0.316 e. The first-order valence-electron chi connectivity index (χ1n) is 4.78. The maximum absolute atomic E-state index is 11.4. The molecule has 0 amide bonds. The van der Waals surface area contributed by atoms with E-state index in [-0.39, 0.29) is 18.0 Å². The number of carbonyl (C=O) groups excluding carboxylic acids is 1. The SMILES string of the molecule is COC(=O)[C@H]1C=CO[C@H]1c1ccccc1. The molecule has 2 rings (SSSR count). The fraction of sp³-hybridized carbons (Fsp3) is 0.250. The number of esters is 1. The number of ether oxygens (including phenoxy) is 2. The molecule has 0 saturated heterocycles. The van der Waals surface area contributed by atoms with Crippen LogP contribution in [0.2, 0.25) is 0 Å². The van der Waals surface area contributed by atoms with E-state index in [1.807, 2.05) is 30.3 Å². The zero-order chi connectivity index (χ0) is 10.7. The first kappa shape index (κ1) is 9.77. The lowest BCUT2D eigenvalue weighted by Gasteiger charge is -2.16. The first-order valence-corrected chi connectivity index (χ1v) is 4.78. The standard InChI is InChI=1S/C12H12O3/c1-14-12(13)10-7-8-15-11(10)9-5-3-2-4-6-9/h2-8,10-11H,1H3/t10-,11-/m0/s1. The summed E-state index contributed by atoms with van der Waals surface area (Å²) >= 11 is 0. The number of rotatable bonds is 2. The van der Waals surface area contributed by atoms with Crippen LogP contribution in [0.5, 0.6) is 0 Å². The predicted molar refractivity (Wildman–Crippen MR) is 54.9 cm³/mol. The molecular weight excluding hydrogens is 192 g/mol. The van der Waals surface area contributed by atoms with E-state index in [1.165, 1.54) is 7.11 Å². The van der Waals surface area contributed by atoms with Crippen LogP contribution in [-0.2, 0) is 14.3 Å². The van der Waals surface area contributed by atoms with Crippen molar-refractivity contribution in [2.24, 2.45) is 5.92 Å². The minimum Gasteiger partial charge on any atom is -0.492 e. The molecule has 3 nitrogen and oxygen atoms in total. The topological polar surface area (TPSA) is 35.5 Å². The van der Waals surface area contributed by atoms with Crippen molar-refractivity contribution in [3.63, 3.8) is 0 Å². The molecule has 0 radical (unpaired) electrons. The molecule has 2 atom stereocenters. The van der Waals surface area contributed by atoms with E-state index in [0.717, 1.165) is 5.56 Å². The highest BCUT2D eigenvalue weighted by Crippen LogP contribution is 2.32. The summed E-state index contributed by atoms with van der Waals surface area (Å²) in [4.78, 5) is 11.4. The molecule has 0 fully saturated rings. The summed E-state index contributed by atoms with van der Waals surface area (Å²) in [7, 11) is 1.39. The third-order valence-electron chi connectivity index (χ3n) is 2.44. The quantitative estimate of drug-likeness (QED) is 0.692. The van der Waals surface area contributed by atoms with Crippen molar-refractivity contribution in [2.75, 3.05) is 7.11 Å². The van der Waals surface area contributed by atoms with Crippen LogP contribution in [-0.4, -0.2) is 13.1 Å². The molecule has 0 N–H and O–H groups in total. The Morgan fingerprint density at radius 3 is 2.73 bits per heavy atom. The van der Waals surface area contributed by atoms with Gasteiger partial charge in [-0.1, -0.05) is 30.3 Å². The van der Waals surface area contributed by atoms with Crippen LogP contribution < -0.4 is 0 Å². The van der Waals surface area contributed by atoms with Gasteiger partial charge in [0, 0.05) is 0 Å². The number of carbonyl (C=O) groups is 1. The van der Waals surface area contributed by atoms with Crippen LogP contribution in [0.4, 0.5) is 0 Å². The lowest BCUT2D eigenvalue weighted by atomic mass is 9.97. The zero-order valence-corrected chi connectivity index (χ0v) is 8.42. The fourth-order valence-corrected chi connectivity index (χ4v) is 1.67. The Morgan fingerprint density at radius 1 is 1.33 bits per heavy atom. The lowest BCUT2D eigenvalue weighted by Crippen LogP contribution is -2.19. The minimum atomic E-state index is -0.336. The van der Waals surface area contributed by atoms with Gasteiger partial charge < -0.3 is 9.47 Å². The average Bonchev–Trinajstić information content (AvgIpc) is 2.78. The summed E-state index contributed by atoms with van der Waals surface area (Å²) in [6.07, 6.45) is 3.03. The smallest absolute Gasteiger partial charge is 0.316 e. The molecule has 0 saturated carbocycles. The van der Waals surface area contributed by atoms with Crippen LogP contribution in [0.25, 0.3) is 0 Å². The van der Waals surface area contributed by atoms with Gasteiger partial charge in [0.25, 0.3) is 0 Å². The molecular formula is C12H12O3. The van der Waals surface area contributed by atoms with E-state index in [0.29, 0.717) is 0 Å². The summed E-state index contributed by atoms with van der Waals surface area (Å²) in [5.74, 6) is -0.602. The molecule has 0 spiro atoms. The van der Waals surface area contributed by atoms with Crippen LogP contribution in [0, 0.1) is 5.92 Å². The second kappa shape index (κ2) is 4.17. The van der Waals surface area contributed by atoms with Crippen molar-refractivity contribution in [1.82, 2.24) is 0 Å². The second-order valence-corrected chi connectivity index (χ2v) is 3.34. The Morgan fingerprint density at radius 2 is 2.07 bits per heavy atom. The molecule has 3 heteroatoms. The Labute approximate surface area is 88.3 Å². The molecule has 0 aromatic heterocycles. The Bertz CT molecular complexity index is 370. The van der Waals surface area contributed by atoms with Gasteiger partial charge in [0.2, 0.25) is 0 Å². The van der Waals surface area contributed by atoms with Crippen molar-refractivity contribution in [1.29, 1.82) is 0 Å². The number of hydrogen-bond donors (Lipinski definition) is 0. The summed E-state index contributed by atoms with van der Waals surface area (Å²) in [5.41, 5.74) is 0.984. The molecule has 1 aliphatic heterocycles. The van der Waals surface area contributed by atoms with Gasteiger partial charge in [-0.25, -0.2) is 0 Å². The summed E-state index contributed by atoms with van der Waals surface area (Å²) in [6, 6.07) is 9.65. The highest BCUT2D eigenvalue weighted by Gasteiger charge is 2.32. The predicted octanol–water partition coefficient (Wildman–Crippen LogP) is 2.06. The monoisotopic (exact) mass is 204 g/mol. The van der Waals surface area contributed by atoms with Gasteiger partial charge in [0.1, 0.15) is 12.0 Å². The van der Waals surface area contributed by atoms with Crippen LogP contribution in [0.3, 0.4) is 0 Å². The number of hydrogen-bond acceptors (Lipinski definition) is 3. The average molecular weight is 204 g/mol. The van der Waals surface area contributed by atoms with E-state index in [4.69, 9.17) is 9.47 Å². The molecule has 1 aromatic carbocycles. The highest BCUT2D eigenvalue weighted by atomic mass is 16.5. The van der Waals surface area contributed by atoms with Crippen molar-refractivity contribution in [3.05, 3.63) is 48.2 Å². The van der Waals surface area contributed by atoms with E-state index in [2.05, 4.69) is 0 Å². The van der Waals surface area contributed by atoms with E-state index in [9.17, 15) is 4.79 Å². The van der Waals surface area contributed by atoms with Crippen molar-refractivity contribution in [3.8, 4) is 0 Å². The van der Waals surface area contributed by atoms with Gasteiger partial charge >= 0.3 is 5.97 Å². The normalized spacial score (nSPS) is 23.5. The maximum atomic E-state index is 11.4. The minimum absolute atomic E-state index is 0.251. The molecule has 1 aromatic rings. The van der Waals surface area contributed by atoms with Crippen molar-refractivity contribution < 1.29 is 14.3 Å². The summed E-state index contributed by atoms with van der Waals surface area (Å²) < 4.78 is 10.1. The molecule has 15 heavy (non-hydrogen) atoms. The van der Waals surface area contributed by atoms with Gasteiger partial charge in [0.05, 0.1) is 13.4 Å². The molecule has 0 aliphatic carbocycles. The van der Waals surface area contributed by atoms with Crippen molar-refractivity contribution in [2.45, 2.75) is 6.10 Å². The third-order valence-corrected chi connectivity index (χ3v) is 2.44. The van der Waals surface area contributed by atoms with Crippen LogP contribution in [0.15, 0.2) is 42.7 Å². The van der Waals surface area contributed by atoms with Gasteiger partial charge in [0.15, 0.2) is 0 Å². The number of benzene rings is 1. The van der Waals surface area contributed by atoms with E-state index in [1.54, 1.807) is 12.3 Å². The van der Waals surface area contributed by atoms with E-state index >= 15 is 0 Å². The van der Waals surface area contributed by atoms with Crippen LogP contribution >= 0.6 is 0 Å². The van der Waals surface area contributed by atoms with Gasteiger partial charge in [-0.3, -0.25) is 4.79 Å². The van der Waals surface area contributed by atoms with E-state index < -0.39 is 0 Å². The highest BCUT2D eigenvalue weighted by molar-refractivity contribution is 5.75. The Balaban J connectivity index is 2.21. The molecule has 1 heterocycles. The largest absolute Gasteiger partial charge is 0.492 e. The Hall–Kier alpha value is -1.77. The molecule has 78 valence electrons. The second-order valence-electron chi connectivity index (χ2n) is 3.34. The van der Waals surface area contributed by atoms with Crippen molar-refractivity contribution >= 4 is 5.97 Å². The van der Waals surface area contributed by atoms with Gasteiger partial charge in [-0.05, 0) is 11.6 Å². The molecule has 0 unspecified atom stereocenters. The summed E-state index contributed by atoms with van der Waals surface area (Å²) in [6.45, 7) is 0. The van der Waals surface area contributed by atoms with Crippen LogP contribution in [0.1, 0.15) is 11.7 Å². The first-order chi connectivity index (χ1) is 7.33. The molecule has 1 aliphatic rings. The molecule has 0 bridgehead atoms. The third kappa shape index (κ3) is 1.86. The Kier molecular flexibility index (Phi) is 2.72. The zero-order valence-electron chi connectivity index (χ0n) is 8.42.